The van der Waals surface area contributed by atoms with Gasteiger partial charge < -0.3 is 4.74 Å². The van der Waals surface area contributed by atoms with Crippen LogP contribution in [0.3, 0.4) is 0 Å². The number of sulfone groups is 1. The second kappa shape index (κ2) is 9.71. The Morgan fingerprint density at radius 3 is 2.18 bits per heavy atom. The van der Waals surface area contributed by atoms with Crippen LogP contribution in [0, 0.1) is 5.92 Å². The van der Waals surface area contributed by atoms with Gasteiger partial charge in [-0.25, -0.2) is 13.2 Å². The van der Waals surface area contributed by atoms with Gasteiger partial charge in [0, 0.05) is 5.57 Å². The molecule has 2 aliphatic rings. The minimum absolute atomic E-state index is 0.0456. The van der Waals surface area contributed by atoms with E-state index < -0.39 is 27.3 Å². The minimum atomic E-state index is -3.91. The number of methoxy groups -OCH3 is 1. The molecule has 0 N–H and O–H groups in total. The molecule has 0 spiro atoms. The number of ether oxygens (including phenoxy) is 1. The number of carbonyl (C=O) groups excluding carboxylic acids is 2. The van der Waals surface area contributed by atoms with Crippen LogP contribution in [0.2, 0.25) is 0 Å². The van der Waals surface area contributed by atoms with E-state index in [4.69, 9.17) is 4.74 Å². The third-order valence-electron chi connectivity index (χ3n) is 5.72. The number of benzene rings is 1. The van der Waals surface area contributed by atoms with Crippen molar-refractivity contribution in [2.75, 3.05) is 12.9 Å². The van der Waals surface area contributed by atoms with Crippen LogP contribution in [-0.2, 0) is 24.2 Å². The summed E-state index contributed by atoms with van der Waals surface area (Å²) in [6.07, 6.45) is 9.21. The van der Waals surface area contributed by atoms with E-state index in [1.165, 1.54) is 25.3 Å². The minimum Gasteiger partial charge on any atom is -0.465 e. The third-order valence-corrected chi connectivity index (χ3v) is 7.35. The average molecular weight is 465 g/mol. The number of fused-ring (bicyclic) bond motifs is 1. The summed E-state index contributed by atoms with van der Waals surface area (Å²) < 4.78 is 31.0. The van der Waals surface area contributed by atoms with Crippen LogP contribution in [0.5, 0.6) is 0 Å². The van der Waals surface area contributed by atoms with Crippen molar-refractivity contribution in [1.29, 1.82) is 0 Å². The summed E-state index contributed by atoms with van der Waals surface area (Å²) in [5.74, 6) is -1.86. The first-order valence-corrected chi connectivity index (χ1v) is 12.4. The van der Waals surface area contributed by atoms with E-state index in [0.29, 0.717) is 5.57 Å². The number of carbonyl (C=O) groups is 2. The maximum atomic E-state index is 13.6. The molecule has 0 fully saturated rings. The van der Waals surface area contributed by atoms with Gasteiger partial charge in [-0.1, -0.05) is 56.4 Å². The number of esters is 1. The maximum Gasteiger partial charge on any atom is 0.338 e. The Bertz CT molecular complexity index is 1280. The second-order valence-corrected chi connectivity index (χ2v) is 10.4. The van der Waals surface area contributed by atoms with E-state index >= 15 is 0 Å². The molecule has 0 atom stereocenters. The highest BCUT2D eigenvalue weighted by Crippen LogP contribution is 2.38. The predicted molar refractivity (Wildman–Crippen MR) is 129 cm³/mol. The zero-order chi connectivity index (χ0) is 24.3. The van der Waals surface area contributed by atoms with Crippen molar-refractivity contribution < 1.29 is 22.7 Å². The number of ketones is 1. The number of hydrogen-bond donors (Lipinski definition) is 0. The summed E-state index contributed by atoms with van der Waals surface area (Å²) in [7, 11) is -2.67. The molecule has 6 heteroatoms. The maximum absolute atomic E-state index is 13.6. The van der Waals surface area contributed by atoms with E-state index in [2.05, 4.69) is 13.8 Å². The fourth-order valence-electron chi connectivity index (χ4n) is 3.85. The van der Waals surface area contributed by atoms with Crippen molar-refractivity contribution in [3.8, 4) is 0 Å². The Morgan fingerprint density at radius 1 is 0.939 bits per heavy atom. The lowest BCUT2D eigenvalue weighted by atomic mass is 9.86. The van der Waals surface area contributed by atoms with Crippen molar-refractivity contribution >= 4 is 21.6 Å². The fraction of sp³-hybridized carbons (Fsp3) is 0.259. The van der Waals surface area contributed by atoms with Gasteiger partial charge in [0.15, 0.2) is 15.6 Å². The molecule has 3 rings (SSSR count). The zero-order valence-corrected chi connectivity index (χ0v) is 20.3. The molecule has 0 aliphatic heterocycles. The smallest absolute Gasteiger partial charge is 0.338 e. The number of hydrogen-bond acceptors (Lipinski definition) is 5. The lowest BCUT2D eigenvalue weighted by Crippen LogP contribution is -2.23. The van der Waals surface area contributed by atoms with Gasteiger partial charge in [0.1, 0.15) is 5.75 Å². The van der Waals surface area contributed by atoms with Crippen LogP contribution >= 0.6 is 0 Å². The molecule has 2 aliphatic carbocycles. The molecule has 0 heterocycles. The highest BCUT2D eigenvalue weighted by molar-refractivity contribution is 7.92. The lowest BCUT2D eigenvalue weighted by Gasteiger charge is -2.18. The van der Waals surface area contributed by atoms with Gasteiger partial charge in [0.2, 0.25) is 0 Å². The summed E-state index contributed by atoms with van der Waals surface area (Å²) in [5, 5.41) is 0. The van der Waals surface area contributed by atoms with Gasteiger partial charge in [-0.15, -0.1) is 0 Å². The van der Waals surface area contributed by atoms with Crippen molar-refractivity contribution in [2.45, 2.75) is 32.6 Å². The zero-order valence-electron chi connectivity index (χ0n) is 19.5. The molecular weight excluding hydrogens is 436 g/mol. The molecule has 172 valence electrons. The van der Waals surface area contributed by atoms with Crippen LogP contribution in [0.25, 0.3) is 0 Å². The molecule has 0 aromatic heterocycles. The molecule has 1 aromatic rings. The predicted octanol–water partition coefficient (Wildman–Crippen LogP) is 4.85. The van der Waals surface area contributed by atoms with Crippen LogP contribution in [0.4, 0.5) is 0 Å². The Kier molecular flexibility index (Phi) is 7.18. The highest BCUT2D eigenvalue weighted by atomic mass is 32.2. The van der Waals surface area contributed by atoms with Gasteiger partial charge in [-0.05, 0) is 65.8 Å². The first-order chi connectivity index (χ1) is 15.6. The summed E-state index contributed by atoms with van der Waals surface area (Å²) in [6.45, 7) is 7.91. The molecular formula is C27H28O5S. The van der Waals surface area contributed by atoms with Gasteiger partial charge in [-0.2, -0.15) is 0 Å². The summed E-state index contributed by atoms with van der Waals surface area (Å²) in [4.78, 5) is 26.4. The van der Waals surface area contributed by atoms with Crippen molar-refractivity contribution in [3.63, 3.8) is 0 Å². The molecule has 0 unspecified atom stereocenters. The number of allylic oxidation sites excluding steroid dienone is 10. The van der Waals surface area contributed by atoms with Crippen molar-refractivity contribution in [3.05, 3.63) is 99.7 Å². The summed E-state index contributed by atoms with van der Waals surface area (Å²) >= 11 is 0. The second-order valence-electron chi connectivity index (χ2n) is 8.40. The molecule has 0 saturated heterocycles. The van der Waals surface area contributed by atoms with E-state index in [-0.39, 0.29) is 22.0 Å². The van der Waals surface area contributed by atoms with Gasteiger partial charge in [0.05, 0.1) is 17.6 Å². The fourth-order valence-corrected chi connectivity index (χ4v) is 5.08. The summed E-state index contributed by atoms with van der Waals surface area (Å²) in [5.41, 5.74) is 4.15. The van der Waals surface area contributed by atoms with E-state index in [1.807, 2.05) is 32.1 Å². The summed E-state index contributed by atoms with van der Waals surface area (Å²) in [6, 6.07) is 7.83. The van der Waals surface area contributed by atoms with Crippen molar-refractivity contribution in [2.24, 2.45) is 5.92 Å². The first-order valence-electron chi connectivity index (χ1n) is 10.7. The van der Waals surface area contributed by atoms with Gasteiger partial charge >= 0.3 is 5.97 Å². The third kappa shape index (κ3) is 5.06. The lowest BCUT2D eigenvalue weighted by molar-refractivity contribution is -0.136. The highest BCUT2D eigenvalue weighted by Gasteiger charge is 2.32. The molecule has 0 bridgehead atoms. The topological polar surface area (TPSA) is 77.5 Å². The van der Waals surface area contributed by atoms with E-state index in [0.717, 1.165) is 22.3 Å². The Morgan fingerprint density at radius 2 is 1.58 bits per heavy atom. The Balaban J connectivity index is 2.25. The van der Waals surface area contributed by atoms with Crippen molar-refractivity contribution in [1.82, 2.24) is 0 Å². The first kappa shape index (κ1) is 24.4. The van der Waals surface area contributed by atoms with Gasteiger partial charge in [0.25, 0.3) is 0 Å². The Labute approximate surface area is 195 Å². The molecule has 0 saturated carbocycles. The SMILES string of the molecule is COC(=O)C1=CC=C(C)C2=CC(C(C)C)=CC=C(C)C2=C1C(=O)CS(=O)(=O)c1ccccc1. The number of rotatable bonds is 6. The molecule has 0 amide bonds. The quantitative estimate of drug-likeness (QED) is 0.562. The van der Waals surface area contributed by atoms with Gasteiger partial charge in [-0.3, -0.25) is 4.79 Å². The standard InChI is InChI=1S/C27H28O5S/c1-17(2)20-13-11-19(4)25-23(15-20)18(3)12-14-22(27(29)32-5)26(25)24(28)16-33(30,31)21-9-7-6-8-10-21/h6-15,17H,16H2,1-5H3. The average Bonchev–Trinajstić information content (AvgIpc) is 3.04. The number of Topliss-reactive ketones (excluding diaryl/α,β-unsaturated/α-hetero) is 1. The van der Waals surface area contributed by atoms with Crippen LogP contribution in [0.15, 0.2) is 105 Å². The monoisotopic (exact) mass is 464 g/mol. The normalized spacial score (nSPS) is 16.5. The van der Waals surface area contributed by atoms with E-state index in [9.17, 15) is 18.0 Å². The van der Waals surface area contributed by atoms with Crippen LogP contribution < -0.4 is 0 Å². The largest absolute Gasteiger partial charge is 0.465 e. The Hall–Kier alpha value is -3.25. The molecule has 1 aromatic carbocycles. The van der Waals surface area contributed by atoms with Crippen LogP contribution in [0.1, 0.15) is 27.7 Å². The molecule has 5 nitrogen and oxygen atoms in total. The van der Waals surface area contributed by atoms with Crippen LogP contribution in [-0.4, -0.2) is 33.0 Å². The molecule has 33 heavy (non-hydrogen) atoms. The molecule has 0 radical (unpaired) electrons. The van der Waals surface area contributed by atoms with E-state index in [1.54, 1.807) is 24.3 Å².